The van der Waals surface area contributed by atoms with Crippen LogP contribution >= 0.6 is 0 Å². The molecule has 1 aliphatic heterocycles. The Morgan fingerprint density at radius 2 is 1.77 bits per heavy atom. The molecule has 162 valence electrons. The van der Waals surface area contributed by atoms with E-state index >= 15 is 0 Å². The molecular weight excluding hydrogens is 400 g/mol. The van der Waals surface area contributed by atoms with Crippen molar-refractivity contribution in [1.82, 2.24) is 0 Å². The Kier molecular flexibility index (Phi) is 6.97. The third kappa shape index (κ3) is 5.45. The first kappa shape index (κ1) is 22.0. The average molecular weight is 424 g/mol. The highest BCUT2D eigenvalue weighted by Gasteiger charge is 2.19. The third-order valence-electron chi connectivity index (χ3n) is 4.82. The number of benzene rings is 2. The van der Waals surface area contributed by atoms with Gasteiger partial charge in [-0.25, -0.2) is 4.79 Å². The van der Waals surface area contributed by atoms with Gasteiger partial charge >= 0.3 is 11.9 Å². The Morgan fingerprint density at radius 3 is 2.39 bits per heavy atom. The Bertz CT molecular complexity index is 1030. The number of rotatable bonds is 8. The lowest BCUT2D eigenvalue weighted by Crippen LogP contribution is -2.11. The molecule has 0 unspecified atom stereocenters. The fraction of sp³-hybridized carbons (Fsp3) is 0.250. The number of hydrogen-bond acceptors (Lipinski definition) is 7. The van der Waals surface area contributed by atoms with Crippen LogP contribution in [0.25, 0.3) is 0 Å². The maximum absolute atomic E-state index is 13.2. The van der Waals surface area contributed by atoms with Crippen molar-refractivity contribution < 1.29 is 33.3 Å². The van der Waals surface area contributed by atoms with Gasteiger partial charge in [-0.2, -0.15) is 0 Å². The van der Waals surface area contributed by atoms with E-state index in [2.05, 4.69) is 0 Å². The Morgan fingerprint density at radius 1 is 1.03 bits per heavy atom. The van der Waals surface area contributed by atoms with Gasteiger partial charge in [-0.1, -0.05) is 6.07 Å². The molecular formula is C24H24O7. The van der Waals surface area contributed by atoms with Gasteiger partial charge in [-0.15, -0.1) is 0 Å². The van der Waals surface area contributed by atoms with Crippen LogP contribution in [0.4, 0.5) is 0 Å². The molecule has 0 spiro atoms. The number of hydrogen-bond donors (Lipinski definition) is 0. The number of esters is 1. The van der Waals surface area contributed by atoms with Crippen molar-refractivity contribution in [1.29, 1.82) is 0 Å². The molecule has 0 fully saturated rings. The molecule has 0 amide bonds. The molecule has 0 aliphatic carbocycles. The van der Waals surface area contributed by atoms with Gasteiger partial charge < -0.3 is 23.7 Å². The fourth-order valence-corrected chi connectivity index (χ4v) is 3.14. The van der Waals surface area contributed by atoms with E-state index in [1.807, 2.05) is 26.0 Å². The third-order valence-corrected chi connectivity index (χ3v) is 4.82. The van der Waals surface area contributed by atoms with Crippen LogP contribution in [0.2, 0.25) is 0 Å². The number of Topliss-reactive ketones (excluding diaryl/α,β-unsaturated/α-hetero) is 1. The predicted molar refractivity (Wildman–Crippen MR) is 113 cm³/mol. The van der Waals surface area contributed by atoms with E-state index < -0.39 is 5.97 Å². The average Bonchev–Trinajstić information content (AvgIpc) is 3.27. The first-order valence-corrected chi connectivity index (χ1v) is 9.61. The second-order valence-electron chi connectivity index (χ2n) is 6.94. The molecule has 0 aromatic heterocycles. The number of ketones is 1. The van der Waals surface area contributed by atoms with E-state index in [0.29, 0.717) is 11.3 Å². The smallest absolute Gasteiger partial charge is 0.339 e. The molecule has 0 saturated heterocycles. The van der Waals surface area contributed by atoms with Gasteiger partial charge in [0.1, 0.15) is 11.5 Å². The molecule has 7 nitrogen and oxygen atoms in total. The highest BCUT2D eigenvalue weighted by Crippen LogP contribution is 2.26. The normalized spacial score (nSPS) is 13.0. The number of allylic oxidation sites excluding steroid dienone is 1. The van der Waals surface area contributed by atoms with Gasteiger partial charge in [0.2, 0.25) is 6.79 Å². The summed E-state index contributed by atoms with van der Waals surface area (Å²) in [4.78, 5) is 25.6. The second kappa shape index (κ2) is 9.84. The zero-order valence-corrected chi connectivity index (χ0v) is 17.9. The zero-order chi connectivity index (χ0) is 22.4. The highest BCUT2D eigenvalue weighted by atomic mass is 16.8. The lowest BCUT2D eigenvalue weighted by atomic mass is 9.93. The zero-order valence-electron chi connectivity index (χ0n) is 17.9. The quantitative estimate of drug-likeness (QED) is 0.360. The van der Waals surface area contributed by atoms with Crippen molar-refractivity contribution in [3.63, 3.8) is 0 Å². The standard InChI is InChI=1S/C24H24O7/c1-15-10-21(28-4)16(2)9-18(15)11-19(12-22(25)31-23-13-29-14-30-23)24(26)17-5-7-20(27-3)8-6-17/h5-10,12-13H,11,14H2,1-4H3. The van der Waals surface area contributed by atoms with E-state index in [1.54, 1.807) is 38.5 Å². The summed E-state index contributed by atoms with van der Waals surface area (Å²) in [6.45, 7) is 3.84. The summed E-state index contributed by atoms with van der Waals surface area (Å²) in [5.74, 6) is 0.335. The monoisotopic (exact) mass is 424 g/mol. The molecule has 1 heterocycles. The fourth-order valence-electron chi connectivity index (χ4n) is 3.14. The van der Waals surface area contributed by atoms with Crippen LogP contribution < -0.4 is 9.47 Å². The summed E-state index contributed by atoms with van der Waals surface area (Å²) in [5, 5.41) is 0. The summed E-state index contributed by atoms with van der Waals surface area (Å²) >= 11 is 0. The maximum Gasteiger partial charge on any atom is 0.339 e. The predicted octanol–water partition coefficient (Wildman–Crippen LogP) is 4.02. The SMILES string of the molecule is COc1ccc(C(=O)C(=CC(=O)OC2=COCO2)Cc2cc(C)c(OC)cc2C)cc1. The number of carbonyl (C=O) groups is 2. The number of ether oxygens (including phenoxy) is 5. The minimum absolute atomic E-state index is 0.0196. The van der Waals surface area contributed by atoms with Gasteiger partial charge in [0.15, 0.2) is 12.0 Å². The maximum atomic E-state index is 13.2. The summed E-state index contributed by atoms with van der Waals surface area (Å²) < 4.78 is 25.5. The van der Waals surface area contributed by atoms with Crippen molar-refractivity contribution in [2.45, 2.75) is 20.3 Å². The van der Waals surface area contributed by atoms with Crippen LogP contribution in [0.15, 0.2) is 60.3 Å². The Balaban J connectivity index is 1.93. The van der Waals surface area contributed by atoms with Crippen LogP contribution in [0.3, 0.4) is 0 Å². The molecule has 2 aromatic rings. The first-order chi connectivity index (χ1) is 14.9. The van der Waals surface area contributed by atoms with Crippen LogP contribution in [0.5, 0.6) is 11.5 Å². The molecule has 0 saturated carbocycles. The van der Waals surface area contributed by atoms with Crippen molar-refractivity contribution in [3.8, 4) is 11.5 Å². The molecule has 0 radical (unpaired) electrons. The van der Waals surface area contributed by atoms with Gasteiger partial charge in [-0.05, 0) is 60.9 Å². The van der Waals surface area contributed by atoms with Gasteiger partial charge in [0.25, 0.3) is 0 Å². The lowest BCUT2D eigenvalue weighted by molar-refractivity contribution is -0.139. The van der Waals surface area contributed by atoms with Crippen molar-refractivity contribution in [2.24, 2.45) is 0 Å². The van der Waals surface area contributed by atoms with Gasteiger partial charge in [0.05, 0.1) is 14.2 Å². The summed E-state index contributed by atoms with van der Waals surface area (Å²) in [7, 11) is 3.16. The van der Waals surface area contributed by atoms with Crippen LogP contribution in [-0.2, 0) is 25.4 Å². The minimum Gasteiger partial charge on any atom is -0.497 e. The van der Waals surface area contributed by atoms with E-state index in [9.17, 15) is 9.59 Å². The molecule has 0 atom stereocenters. The topological polar surface area (TPSA) is 80.3 Å². The van der Waals surface area contributed by atoms with Crippen molar-refractivity contribution >= 4 is 11.8 Å². The van der Waals surface area contributed by atoms with E-state index in [-0.39, 0.29) is 30.5 Å². The van der Waals surface area contributed by atoms with Crippen molar-refractivity contribution in [2.75, 3.05) is 21.0 Å². The summed E-state index contributed by atoms with van der Waals surface area (Å²) in [6, 6.07) is 10.6. The Labute approximate surface area is 180 Å². The van der Waals surface area contributed by atoms with E-state index in [1.165, 1.54) is 12.3 Å². The molecule has 31 heavy (non-hydrogen) atoms. The molecule has 0 N–H and O–H groups in total. The lowest BCUT2D eigenvalue weighted by Gasteiger charge is -2.13. The van der Waals surface area contributed by atoms with Crippen LogP contribution in [0.1, 0.15) is 27.0 Å². The minimum atomic E-state index is -0.725. The van der Waals surface area contributed by atoms with Crippen LogP contribution in [-0.4, -0.2) is 32.8 Å². The van der Waals surface area contributed by atoms with E-state index in [0.717, 1.165) is 22.4 Å². The summed E-state index contributed by atoms with van der Waals surface area (Å²) in [5.41, 5.74) is 3.49. The molecule has 0 bridgehead atoms. The number of carbonyl (C=O) groups excluding carboxylic acids is 2. The number of methoxy groups -OCH3 is 2. The van der Waals surface area contributed by atoms with Gasteiger partial charge in [0, 0.05) is 23.6 Å². The molecule has 2 aromatic carbocycles. The molecule has 7 heteroatoms. The second-order valence-corrected chi connectivity index (χ2v) is 6.94. The largest absolute Gasteiger partial charge is 0.497 e. The number of aryl methyl sites for hydroxylation is 2. The van der Waals surface area contributed by atoms with E-state index in [4.69, 9.17) is 23.7 Å². The van der Waals surface area contributed by atoms with Gasteiger partial charge in [-0.3, -0.25) is 4.79 Å². The Hall–Kier alpha value is -3.74. The molecule has 1 aliphatic rings. The molecule has 3 rings (SSSR count). The first-order valence-electron chi connectivity index (χ1n) is 9.61. The van der Waals surface area contributed by atoms with Crippen molar-refractivity contribution in [3.05, 3.63) is 82.5 Å². The highest BCUT2D eigenvalue weighted by molar-refractivity contribution is 6.11. The summed E-state index contributed by atoms with van der Waals surface area (Å²) in [6.07, 6.45) is 2.63. The van der Waals surface area contributed by atoms with Crippen LogP contribution in [0, 0.1) is 13.8 Å².